The molecule has 1 atom stereocenters. The molecule has 224 valence electrons. The second-order valence-electron chi connectivity index (χ2n) is 11.6. The van der Waals surface area contributed by atoms with Crippen molar-refractivity contribution in [2.24, 2.45) is 5.41 Å². The maximum absolute atomic E-state index is 13.3. The normalized spacial score (nSPS) is 21.1. The van der Waals surface area contributed by atoms with Gasteiger partial charge in [-0.3, -0.25) is 23.9 Å². The summed E-state index contributed by atoms with van der Waals surface area (Å²) in [7, 11) is 5.20. The number of carbonyl (C=O) groups excluding carboxylic acids is 4. The van der Waals surface area contributed by atoms with Crippen LogP contribution in [0.1, 0.15) is 75.0 Å². The first kappa shape index (κ1) is 31.6. The zero-order valence-electron chi connectivity index (χ0n) is 25.3. The maximum atomic E-state index is 13.3. The third kappa shape index (κ3) is 7.83. The van der Waals surface area contributed by atoms with Crippen molar-refractivity contribution in [3.8, 4) is 0 Å². The molecule has 1 aromatic heterocycles. The molecule has 3 rings (SSSR count). The number of aromatic nitrogens is 2. The molecule has 11 heteroatoms. The van der Waals surface area contributed by atoms with E-state index >= 15 is 0 Å². The summed E-state index contributed by atoms with van der Waals surface area (Å²) in [6, 6.07) is 1.26. The molecule has 2 saturated heterocycles. The van der Waals surface area contributed by atoms with Crippen LogP contribution in [-0.2, 0) is 25.7 Å². The lowest BCUT2D eigenvalue weighted by Crippen LogP contribution is -2.49. The second kappa shape index (κ2) is 14.1. The molecule has 2 aliphatic heterocycles. The molecule has 1 aromatic rings. The molecular formula is C29H48N6O5. The number of likely N-dealkylation sites (tertiary alicyclic amines) is 1. The summed E-state index contributed by atoms with van der Waals surface area (Å²) in [5.74, 6) is -0.366. The Morgan fingerprint density at radius 3 is 2.45 bits per heavy atom. The minimum Gasteiger partial charge on any atom is -0.371 e. The minimum absolute atomic E-state index is 0.0253. The molecule has 40 heavy (non-hydrogen) atoms. The van der Waals surface area contributed by atoms with E-state index in [1.54, 1.807) is 30.9 Å². The van der Waals surface area contributed by atoms with Gasteiger partial charge in [0.25, 0.3) is 5.91 Å². The van der Waals surface area contributed by atoms with Crippen LogP contribution in [0.25, 0.3) is 0 Å². The summed E-state index contributed by atoms with van der Waals surface area (Å²) in [4.78, 5) is 57.9. The number of ether oxygens (including phenoxy) is 1. The lowest BCUT2D eigenvalue weighted by Gasteiger charge is -2.41. The molecule has 0 aromatic carbocycles. The first-order valence-corrected chi connectivity index (χ1v) is 14.6. The monoisotopic (exact) mass is 560 g/mol. The average molecular weight is 561 g/mol. The number of nitrogens with zero attached hydrogens (tertiary/aromatic N) is 6. The van der Waals surface area contributed by atoms with Gasteiger partial charge in [-0.05, 0) is 63.9 Å². The highest BCUT2D eigenvalue weighted by molar-refractivity contribution is 5.92. The van der Waals surface area contributed by atoms with Gasteiger partial charge in [-0.2, -0.15) is 5.10 Å². The Balaban J connectivity index is 1.64. The number of piperidine rings is 1. The second-order valence-corrected chi connectivity index (χ2v) is 11.6. The molecule has 0 N–H and O–H groups in total. The Labute approximate surface area is 238 Å². The SMILES string of the molecule is CCn1nc(C(=O)N2CCC3(CCCCN(C)C(=O)[C@H](CCCN(C)C(C)=O)N(C)C(=O)COC3)CC2)cc1C. The fraction of sp³-hybridized carbons (Fsp3) is 0.759. The molecule has 0 radical (unpaired) electrons. The number of rotatable bonds is 6. The van der Waals surface area contributed by atoms with Crippen molar-refractivity contribution < 1.29 is 23.9 Å². The van der Waals surface area contributed by atoms with Gasteiger partial charge in [-0.1, -0.05) is 6.42 Å². The third-order valence-electron chi connectivity index (χ3n) is 8.73. The summed E-state index contributed by atoms with van der Waals surface area (Å²) < 4.78 is 7.87. The number of hydrogen-bond acceptors (Lipinski definition) is 6. The lowest BCUT2D eigenvalue weighted by atomic mass is 9.75. The average Bonchev–Trinajstić information content (AvgIpc) is 3.32. The van der Waals surface area contributed by atoms with Gasteiger partial charge in [0, 0.05) is 66.5 Å². The maximum Gasteiger partial charge on any atom is 0.274 e. The summed E-state index contributed by atoms with van der Waals surface area (Å²) in [5.41, 5.74) is 1.36. The molecule has 2 fully saturated rings. The fourth-order valence-corrected chi connectivity index (χ4v) is 5.75. The first-order valence-electron chi connectivity index (χ1n) is 14.6. The van der Waals surface area contributed by atoms with Gasteiger partial charge >= 0.3 is 0 Å². The predicted octanol–water partition coefficient (Wildman–Crippen LogP) is 2.18. The van der Waals surface area contributed by atoms with Crippen molar-refractivity contribution in [1.29, 1.82) is 0 Å². The van der Waals surface area contributed by atoms with E-state index in [1.807, 2.05) is 29.5 Å². The topological polar surface area (TPSA) is 108 Å². The molecule has 4 amide bonds. The number of likely N-dealkylation sites (N-methyl/N-ethyl adjacent to an activating group) is 2. The largest absolute Gasteiger partial charge is 0.371 e. The van der Waals surface area contributed by atoms with Gasteiger partial charge in [0.05, 0.1) is 6.61 Å². The molecule has 0 saturated carbocycles. The van der Waals surface area contributed by atoms with Crippen LogP contribution in [0, 0.1) is 12.3 Å². The van der Waals surface area contributed by atoms with Crippen LogP contribution in [0.3, 0.4) is 0 Å². The zero-order chi connectivity index (χ0) is 29.4. The zero-order valence-corrected chi connectivity index (χ0v) is 25.3. The Kier molecular flexibility index (Phi) is 11.1. The molecule has 0 bridgehead atoms. The van der Waals surface area contributed by atoms with Gasteiger partial charge in [0.1, 0.15) is 12.6 Å². The van der Waals surface area contributed by atoms with Gasteiger partial charge in [0.15, 0.2) is 5.69 Å². The molecular weight excluding hydrogens is 512 g/mol. The van der Waals surface area contributed by atoms with Crippen molar-refractivity contribution in [2.45, 2.75) is 78.3 Å². The van der Waals surface area contributed by atoms with Gasteiger partial charge in [0.2, 0.25) is 17.7 Å². The fourth-order valence-electron chi connectivity index (χ4n) is 5.75. The Hall–Kier alpha value is -2.95. The first-order chi connectivity index (χ1) is 19.0. The van der Waals surface area contributed by atoms with Crippen LogP contribution in [0.5, 0.6) is 0 Å². The predicted molar refractivity (Wildman–Crippen MR) is 152 cm³/mol. The highest BCUT2D eigenvalue weighted by Gasteiger charge is 2.37. The van der Waals surface area contributed by atoms with E-state index in [-0.39, 0.29) is 35.7 Å². The number of amides is 4. The van der Waals surface area contributed by atoms with E-state index in [0.29, 0.717) is 51.3 Å². The molecule has 2 aliphatic rings. The van der Waals surface area contributed by atoms with Gasteiger partial charge in [-0.15, -0.1) is 0 Å². The minimum atomic E-state index is -0.592. The van der Waals surface area contributed by atoms with Crippen LogP contribution < -0.4 is 0 Å². The van der Waals surface area contributed by atoms with Crippen LogP contribution in [0.4, 0.5) is 0 Å². The van der Waals surface area contributed by atoms with E-state index in [4.69, 9.17) is 4.74 Å². The van der Waals surface area contributed by atoms with Crippen LogP contribution in [-0.4, -0.2) is 120 Å². The summed E-state index contributed by atoms with van der Waals surface area (Å²) in [6.07, 6.45) is 5.42. The van der Waals surface area contributed by atoms with Crippen molar-refractivity contribution in [3.63, 3.8) is 0 Å². The number of carbonyl (C=O) groups is 4. The molecule has 1 spiro atoms. The van der Waals surface area contributed by atoms with E-state index in [9.17, 15) is 19.2 Å². The van der Waals surface area contributed by atoms with Crippen LogP contribution in [0.15, 0.2) is 6.07 Å². The van der Waals surface area contributed by atoms with Crippen LogP contribution >= 0.6 is 0 Å². The van der Waals surface area contributed by atoms with Gasteiger partial charge in [-0.25, -0.2) is 0 Å². The van der Waals surface area contributed by atoms with Gasteiger partial charge < -0.3 is 24.3 Å². The highest BCUT2D eigenvalue weighted by atomic mass is 16.5. The molecule has 3 heterocycles. The van der Waals surface area contributed by atoms with Crippen LogP contribution in [0.2, 0.25) is 0 Å². The van der Waals surface area contributed by atoms with E-state index in [2.05, 4.69) is 5.10 Å². The number of aryl methyl sites for hydroxylation is 2. The smallest absolute Gasteiger partial charge is 0.274 e. The van der Waals surface area contributed by atoms with Crippen molar-refractivity contribution in [2.75, 3.05) is 60.5 Å². The summed E-state index contributed by atoms with van der Waals surface area (Å²) >= 11 is 0. The van der Waals surface area contributed by atoms with Crippen molar-refractivity contribution in [1.82, 2.24) is 29.4 Å². The molecule has 11 nitrogen and oxygen atoms in total. The standard InChI is InChI=1S/C29H48N6O5/c1-7-35-22(2)19-24(30-35)27(38)34-17-13-29(14-18-34)12-8-9-15-32(5)28(39)25(11-10-16-31(4)23(3)36)33(6)26(37)20-40-21-29/h19,25H,7-18,20-21H2,1-6H3/t25-/m0/s1. The quantitative estimate of drug-likeness (QED) is 0.528. The van der Waals surface area contributed by atoms with Crippen molar-refractivity contribution in [3.05, 3.63) is 17.5 Å². The number of hydrogen-bond donors (Lipinski definition) is 0. The van der Waals surface area contributed by atoms with E-state index < -0.39 is 6.04 Å². The Bertz CT molecular complexity index is 1050. The third-order valence-corrected chi connectivity index (χ3v) is 8.73. The highest BCUT2D eigenvalue weighted by Crippen LogP contribution is 2.37. The van der Waals surface area contributed by atoms with Crippen molar-refractivity contribution >= 4 is 23.6 Å². The Morgan fingerprint density at radius 2 is 1.82 bits per heavy atom. The van der Waals surface area contributed by atoms with E-state index in [0.717, 1.165) is 44.3 Å². The molecule has 0 aliphatic carbocycles. The lowest BCUT2D eigenvalue weighted by molar-refractivity contribution is -0.147. The Morgan fingerprint density at radius 1 is 1.12 bits per heavy atom. The van der Waals surface area contributed by atoms with E-state index in [1.165, 1.54) is 11.8 Å². The summed E-state index contributed by atoms with van der Waals surface area (Å²) in [5, 5.41) is 4.46. The summed E-state index contributed by atoms with van der Waals surface area (Å²) in [6.45, 7) is 8.99. The molecule has 0 unspecified atom stereocenters.